The quantitative estimate of drug-likeness (QED) is 0.281. The second-order valence-electron chi connectivity index (χ2n) is 17.0. The largest absolute Gasteiger partial charge is 0.458 e. The molecule has 3 unspecified atom stereocenters. The lowest BCUT2D eigenvalue weighted by Crippen LogP contribution is -2.64. The molecule has 1 aromatic carbocycles. The summed E-state index contributed by atoms with van der Waals surface area (Å²) in [5.41, 5.74) is 4.39. The van der Waals surface area contributed by atoms with Crippen molar-refractivity contribution in [1.29, 1.82) is 0 Å². The van der Waals surface area contributed by atoms with Gasteiger partial charge in [0.2, 0.25) is 0 Å². The summed E-state index contributed by atoms with van der Waals surface area (Å²) < 4.78 is 6.29. The van der Waals surface area contributed by atoms with E-state index in [4.69, 9.17) is 4.74 Å². The van der Waals surface area contributed by atoms with E-state index in [2.05, 4.69) is 61.5 Å². The van der Waals surface area contributed by atoms with Crippen LogP contribution < -0.4 is 0 Å². The van der Waals surface area contributed by atoms with Crippen LogP contribution in [0.25, 0.3) is 0 Å². The van der Waals surface area contributed by atoms with Crippen molar-refractivity contribution in [3.63, 3.8) is 0 Å². The van der Waals surface area contributed by atoms with Crippen LogP contribution >= 0.6 is 0 Å². The van der Waals surface area contributed by atoms with Crippen LogP contribution in [0.2, 0.25) is 0 Å². The average molecular weight is 531 g/mol. The molecule has 8 atom stereocenters. The van der Waals surface area contributed by atoms with Gasteiger partial charge in [-0.05, 0) is 121 Å². The van der Waals surface area contributed by atoms with Crippen LogP contribution in [0.4, 0.5) is 0 Å². The molecular weight excluding hydrogens is 476 g/mol. The maximum atomic E-state index is 13.1. The summed E-state index contributed by atoms with van der Waals surface area (Å²) in [4.78, 5) is 13.1. The van der Waals surface area contributed by atoms with Crippen LogP contribution in [-0.4, -0.2) is 12.1 Å². The van der Waals surface area contributed by atoms with E-state index in [0.717, 1.165) is 12.3 Å². The molecule has 0 radical (unpaired) electrons. The number of fused-ring (bicyclic) bond motifs is 7. The van der Waals surface area contributed by atoms with Crippen molar-refractivity contribution in [2.75, 3.05) is 0 Å². The first-order chi connectivity index (χ1) is 18.2. The number of hydrogen-bond donors (Lipinski definition) is 0. The number of carbonyl (C=O) groups is 1. The molecule has 6 rings (SSSR count). The van der Waals surface area contributed by atoms with E-state index in [1.807, 2.05) is 35.9 Å². The number of benzene rings is 1. The standard InChI is InChI=1S/C37H54O2/c1-32(2)20-21-34(5)22-23-36(7)26(27(34)24-32)14-15-29-35(6)18-17-30(39-31(38)25-12-10-9-11-13-25)33(3,4)28(35)16-19-37(29,36)8/h9-14,27-30H,15-24H2,1-8H3/t27?,28?,29?,30-,34+,35-,36+,37+/m0/s1. The number of esters is 1. The molecule has 4 fully saturated rings. The summed E-state index contributed by atoms with van der Waals surface area (Å²) in [7, 11) is 0. The fourth-order valence-corrected chi connectivity index (χ4v) is 11.5. The van der Waals surface area contributed by atoms with Gasteiger partial charge in [-0.2, -0.15) is 0 Å². The Labute approximate surface area is 238 Å². The van der Waals surface area contributed by atoms with Gasteiger partial charge >= 0.3 is 5.97 Å². The van der Waals surface area contributed by atoms with Crippen molar-refractivity contribution >= 4 is 5.97 Å². The third kappa shape index (κ3) is 3.89. The van der Waals surface area contributed by atoms with Crippen molar-refractivity contribution in [3.05, 3.63) is 47.5 Å². The molecule has 39 heavy (non-hydrogen) atoms. The van der Waals surface area contributed by atoms with Crippen molar-refractivity contribution in [3.8, 4) is 0 Å². The third-order valence-corrected chi connectivity index (χ3v) is 14.3. The molecule has 5 aliphatic rings. The van der Waals surface area contributed by atoms with E-state index in [9.17, 15) is 4.79 Å². The van der Waals surface area contributed by atoms with E-state index >= 15 is 0 Å². The minimum atomic E-state index is -0.156. The first kappa shape index (κ1) is 27.6. The van der Waals surface area contributed by atoms with Crippen LogP contribution in [-0.2, 0) is 4.74 Å². The number of allylic oxidation sites excluding steroid dienone is 2. The lowest BCUT2D eigenvalue weighted by molar-refractivity contribution is -0.203. The van der Waals surface area contributed by atoms with Gasteiger partial charge in [-0.3, -0.25) is 0 Å². The molecular formula is C37H54O2. The number of rotatable bonds is 2. The van der Waals surface area contributed by atoms with E-state index in [1.165, 1.54) is 57.8 Å². The molecule has 1 aromatic rings. The minimum Gasteiger partial charge on any atom is -0.458 e. The van der Waals surface area contributed by atoms with Gasteiger partial charge in [0.05, 0.1) is 5.56 Å². The fraction of sp³-hybridized carbons (Fsp3) is 0.757. The zero-order valence-corrected chi connectivity index (χ0v) is 26.2. The van der Waals surface area contributed by atoms with Crippen LogP contribution in [0, 0.1) is 50.2 Å². The van der Waals surface area contributed by atoms with Gasteiger partial charge in [0.15, 0.2) is 0 Å². The highest BCUT2D eigenvalue weighted by atomic mass is 16.5. The molecule has 0 N–H and O–H groups in total. The average Bonchev–Trinajstić information content (AvgIpc) is 2.87. The fourth-order valence-electron chi connectivity index (χ4n) is 11.5. The van der Waals surface area contributed by atoms with E-state index in [1.54, 1.807) is 0 Å². The van der Waals surface area contributed by atoms with Crippen LogP contribution in [0.5, 0.6) is 0 Å². The zero-order valence-electron chi connectivity index (χ0n) is 26.2. The Kier molecular flexibility index (Phi) is 6.17. The van der Waals surface area contributed by atoms with Crippen LogP contribution in [0.1, 0.15) is 130 Å². The van der Waals surface area contributed by atoms with Gasteiger partial charge in [-0.25, -0.2) is 4.79 Å². The molecule has 0 aromatic heterocycles. The highest BCUT2D eigenvalue weighted by molar-refractivity contribution is 5.89. The molecule has 4 saturated carbocycles. The Hall–Kier alpha value is -1.57. The smallest absolute Gasteiger partial charge is 0.338 e. The maximum Gasteiger partial charge on any atom is 0.338 e. The summed E-state index contributed by atoms with van der Waals surface area (Å²) >= 11 is 0. The minimum absolute atomic E-state index is 0.0159. The predicted octanol–water partition coefficient (Wildman–Crippen LogP) is 10.0. The number of ether oxygens (including phenoxy) is 1. The maximum absolute atomic E-state index is 13.1. The van der Waals surface area contributed by atoms with Gasteiger partial charge in [-0.15, -0.1) is 0 Å². The Morgan fingerprint density at radius 3 is 2.21 bits per heavy atom. The first-order valence-corrected chi connectivity index (χ1v) is 16.1. The summed E-state index contributed by atoms with van der Waals surface area (Å²) in [6.45, 7) is 20.5. The van der Waals surface area contributed by atoms with E-state index in [-0.39, 0.29) is 22.9 Å². The Bertz CT molecular complexity index is 1160. The second kappa shape index (κ2) is 8.72. The predicted molar refractivity (Wildman–Crippen MR) is 160 cm³/mol. The summed E-state index contributed by atoms with van der Waals surface area (Å²) in [6, 6.07) is 9.57. The first-order valence-electron chi connectivity index (χ1n) is 16.1. The summed E-state index contributed by atoms with van der Waals surface area (Å²) in [6.07, 6.45) is 15.6. The summed E-state index contributed by atoms with van der Waals surface area (Å²) in [5, 5.41) is 0. The molecule has 0 spiro atoms. The Morgan fingerprint density at radius 1 is 0.795 bits per heavy atom. The molecule has 5 aliphatic carbocycles. The van der Waals surface area contributed by atoms with Gasteiger partial charge in [0, 0.05) is 5.41 Å². The SMILES string of the molecule is CC1(C)CC[C@]2(C)CC[C@]3(C)C(=CCC4[C@@]5(C)CC[C@H](OC(=O)c6ccccc6)C(C)(C)C5CC[C@]43C)C2C1. The van der Waals surface area contributed by atoms with Gasteiger partial charge in [0.1, 0.15) is 6.10 Å². The number of hydrogen-bond acceptors (Lipinski definition) is 2. The molecule has 2 nitrogen and oxygen atoms in total. The third-order valence-electron chi connectivity index (χ3n) is 14.3. The molecule has 0 bridgehead atoms. The van der Waals surface area contributed by atoms with E-state index in [0.29, 0.717) is 39.1 Å². The zero-order chi connectivity index (χ0) is 28.1. The Morgan fingerprint density at radius 2 is 1.49 bits per heavy atom. The lowest BCUT2D eigenvalue weighted by atomic mass is 9.33. The second-order valence-corrected chi connectivity index (χ2v) is 17.0. The van der Waals surface area contributed by atoms with Gasteiger partial charge in [0.25, 0.3) is 0 Å². The topological polar surface area (TPSA) is 26.3 Å². The normalized spacial score (nSPS) is 46.0. The highest BCUT2D eigenvalue weighted by Crippen LogP contribution is 2.75. The van der Waals surface area contributed by atoms with Gasteiger partial charge < -0.3 is 4.74 Å². The van der Waals surface area contributed by atoms with E-state index < -0.39 is 0 Å². The van der Waals surface area contributed by atoms with Crippen LogP contribution in [0.3, 0.4) is 0 Å². The Balaban J connectivity index is 1.30. The van der Waals surface area contributed by atoms with Crippen molar-refractivity contribution < 1.29 is 9.53 Å². The lowest BCUT2D eigenvalue weighted by Gasteiger charge is -2.71. The molecule has 0 amide bonds. The van der Waals surface area contributed by atoms with Crippen molar-refractivity contribution in [2.45, 2.75) is 126 Å². The molecule has 2 heteroatoms. The van der Waals surface area contributed by atoms with Gasteiger partial charge in [-0.1, -0.05) is 85.2 Å². The van der Waals surface area contributed by atoms with Crippen molar-refractivity contribution in [2.24, 2.45) is 50.2 Å². The molecule has 214 valence electrons. The molecule has 0 aliphatic heterocycles. The monoisotopic (exact) mass is 530 g/mol. The number of carbonyl (C=O) groups excluding carboxylic acids is 1. The summed E-state index contributed by atoms with van der Waals surface area (Å²) in [5.74, 6) is 1.87. The highest BCUT2D eigenvalue weighted by Gasteiger charge is 2.68. The van der Waals surface area contributed by atoms with Crippen molar-refractivity contribution in [1.82, 2.24) is 0 Å². The van der Waals surface area contributed by atoms with Crippen LogP contribution in [0.15, 0.2) is 42.0 Å². The molecule has 0 saturated heterocycles. The molecule has 0 heterocycles.